The average molecular weight is 326 g/mol. The van der Waals surface area contributed by atoms with Crippen LogP contribution in [-0.4, -0.2) is 29.5 Å². The van der Waals surface area contributed by atoms with E-state index in [-0.39, 0.29) is 16.2 Å². The average Bonchev–Trinajstić information content (AvgIpc) is 2.78. The van der Waals surface area contributed by atoms with Crippen LogP contribution < -0.4 is 0 Å². The van der Waals surface area contributed by atoms with Gasteiger partial charge in [0.25, 0.3) is 0 Å². The molecule has 0 N–H and O–H groups in total. The van der Waals surface area contributed by atoms with Crippen molar-refractivity contribution in [3.05, 3.63) is 14.5 Å². The molecule has 5 nitrogen and oxygen atoms in total. The Morgan fingerprint density at radius 2 is 2.16 bits per heavy atom. The van der Waals surface area contributed by atoms with Crippen LogP contribution in [0.15, 0.2) is 0 Å². The standard InChI is InChI=1S/C11H13Cl2NO4S/c1-4-16-9(15)6-5(17-11(2,3)18-6)7-8(12)14-10(13)19-7/h5-6H,4H2,1-3H3/t5-,6-/m0/s1. The summed E-state index contributed by atoms with van der Waals surface area (Å²) in [5.41, 5.74) is 0. The molecule has 1 aromatic heterocycles. The molecule has 1 saturated heterocycles. The maximum Gasteiger partial charge on any atom is 0.338 e. The molecule has 8 heteroatoms. The van der Waals surface area contributed by atoms with Crippen LogP contribution in [0.4, 0.5) is 0 Å². The lowest BCUT2D eigenvalue weighted by molar-refractivity contribution is -0.170. The summed E-state index contributed by atoms with van der Waals surface area (Å²) in [4.78, 5) is 16.4. The summed E-state index contributed by atoms with van der Waals surface area (Å²) in [6.45, 7) is 5.43. The molecule has 0 spiro atoms. The molecular formula is C11H13Cl2NO4S. The second-order valence-electron chi connectivity index (χ2n) is 4.35. The van der Waals surface area contributed by atoms with Crippen molar-refractivity contribution >= 4 is 40.5 Å². The third kappa shape index (κ3) is 3.20. The summed E-state index contributed by atoms with van der Waals surface area (Å²) in [7, 11) is 0. The van der Waals surface area contributed by atoms with Crippen molar-refractivity contribution < 1.29 is 19.0 Å². The monoisotopic (exact) mass is 325 g/mol. The van der Waals surface area contributed by atoms with Crippen LogP contribution in [-0.2, 0) is 19.0 Å². The maximum absolute atomic E-state index is 11.9. The normalized spacial score (nSPS) is 25.5. The highest BCUT2D eigenvalue weighted by Gasteiger charge is 2.48. The molecule has 106 valence electrons. The van der Waals surface area contributed by atoms with Gasteiger partial charge in [0.15, 0.2) is 16.4 Å². The maximum atomic E-state index is 11.9. The molecule has 1 aliphatic rings. The van der Waals surface area contributed by atoms with Crippen LogP contribution in [0.2, 0.25) is 9.62 Å². The SMILES string of the molecule is CCOC(=O)[C@H]1OC(C)(C)O[C@@H]1c1sc(Cl)nc1Cl. The van der Waals surface area contributed by atoms with Gasteiger partial charge in [-0.3, -0.25) is 0 Å². The van der Waals surface area contributed by atoms with Crippen molar-refractivity contribution in [1.29, 1.82) is 0 Å². The molecule has 1 aromatic rings. The molecule has 0 amide bonds. The van der Waals surface area contributed by atoms with Crippen LogP contribution in [0, 0.1) is 0 Å². The number of carbonyl (C=O) groups is 1. The molecule has 0 aliphatic carbocycles. The first-order chi connectivity index (χ1) is 8.84. The van der Waals surface area contributed by atoms with Gasteiger partial charge in [-0.1, -0.05) is 23.2 Å². The Bertz CT molecular complexity index is 491. The molecule has 1 aliphatic heterocycles. The van der Waals surface area contributed by atoms with Crippen molar-refractivity contribution in [2.75, 3.05) is 6.61 Å². The summed E-state index contributed by atoms with van der Waals surface area (Å²) >= 11 is 13.0. The Hall–Kier alpha value is -0.400. The molecular weight excluding hydrogens is 313 g/mol. The molecule has 0 unspecified atom stereocenters. The van der Waals surface area contributed by atoms with Gasteiger partial charge in [-0.15, -0.1) is 11.3 Å². The minimum Gasteiger partial charge on any atom is -0.464 e. The molecule has 2 heterocycles. The van der Waals surface area contributed by atoms with E-state index in [1.807, 2.05) is 0 Å². The third-order valence-corrected chi connectivity index (χ3v) is 4.08. The first-order valence-electron chi connectivity index (χ1n) is 5.68. The van der Waals surface area contributed by atoms with Gasteiger partial charge in [0, 0.05) is 0 Å². The largest absolute Gasteiger partial charge is 0.464 e. The first-order valence-corrected chi connectivity index (χ1v) is 7.25. The predicted molar refractivity (Wildman–Crippen MR) is 71.5 cm³/mol. The van der Waals surface area contributed by atoms with E-state index in [0.717, 1.165) is 11.3 Å². The van der Waals surface area contributed by atoms with Gasteiger partial charge in [-0.2, -0.15) is 0 Å². The first kappa shape index (κ1) is 15.0. The van der Waals surface area contributed by atoms with Crippen molar-refractivity contribution in [3.8, 4) is 0 Å². The molecule has 0 bridgehead atoms. The van der Waals surface area contributed by atoms with Crippen LogP contribution in [0.5, 0.6) is 0 Å². The van der Waals surface area contributed by atoms with Gasteiger partial charge in [-0.05, 0) is 20.8 Å². The highest BCUT2D eigenvalue weighted by atomic mass is 35.5. The van der Waals surface area contributed by atoms with E-state index in [2.05, 4.69) is 4.98 Å². The van der Waals surface area contributed by atoms with Gasteiger partial charge in [0.1, 0.15) is 11.3 Å². The lowest BCUT2D eigenvalue weighted by Crippen LogP contribution is -2.29. The number of ether oxygens (including phenoxy) is 3. The Morgan fingerprint density at radius 1 is 1.47 bits per heavy atom. The smallest absolute Gasteiger partial charge is 0.338 e. The fraction of sp³-hybridized carbons (Fsp3) is 0.636. The molecule has 19 heavy (non-hydrogen) atoms. The summed E-state index contributed by atoms with van der Waals surface area (Å²) in [5.74, 6) is -1.39. The van der Waals surface area contributed by atoms with Gasteiger partial charge in [-0.25, -0.2) is 9.78 Å². The fourth-order valence-electron chi connectivity index (χ4n) is 1.81. The number of esters is 1. The van der Waals surface area contributed by atoms with Crippen molar-refractivity contribution in [1.82, 2.24) is 4.98 Å². The number of thiazole rings is 1. The third-order valence-electron chi connectivity index (χ3n) is 2.46. The summed E-state index contributed by atoms with van der Waals surface area (Å²) in [5, 5.41) is 0.218. The van der Waals surface area contributed by atoms with E-state index in [1.165, 1.54) is 0 Å². The second-order valence-corrected chi connectivity index (χ2v) is 6.32. The van der Waals surface area contributed by atoms with Gasteiger partial charge in [0.05, 0.1) is 11.5 Å². The van der Waals surface area contributed by atoms with Crippen molar-refractivity contribution in [2.24, 2.45) is 0 Å². The Balaban J connectivity index is 2.30. The topological polar surface area (TPSA) is 57.7 Å². The zero-order valence-corrected chi connectivity index (χ0v) is 12.9. The summed E-state index contributed by atoms with van der Waals surface area (Å²) < 4.78 is 16.6. The van der Waals surface area contributed by atoms with Crippen LogP contribution >= 0.6 is 34.5 Å². The Morgan fingerprint density at radius 3 is 2.68 bits per heavy atom. The zero-order chi connectivity index (χ0) is 14.2. The number of hydrogen-bond donors (Lipinski definition) is 0. The number of halogens is 2. The summed E-state index contributed by atoms with van der Waals surface area (Å²) in [6, 6.07) is 0. The minimum atomic E-state index is -0.901. The molecule has 0 radical (unpaired) electrons. The van der Waals surface area contributed by atoms with Crippen LogP contribution in [0.25, 0.3) is 0 Å². The highest BCUT2D eigenvalue weighted by molar-refractivity contribution is 7.16. The van der Waals surface area contributed by atoms with E-state index >= 15 is 0 Å². The molecule has 2 rings (SSSR count). The number of nitrogens with zero attached hydrogens (tertiary/aromatic N) is 1. The van der Waals surface area contributed by atoms with Gasteiger partial charge in [0.2, 0.25) is 0 Å². The number of rotatable bonds is 3. The fourth-order valence-corrected chi connectivity index (χ4v) is 3.28. The lowest BCUT2D eigenvalue weighted by Gasteiger charge is -2.16. The van der Waals surface area contributed by atoms with Crippen LogP contribution in [0.3, 0.4) is 0 Å². The van der Waals surface area contributed by atoms with Crippen LogP contribution in [0.1, 0.15) is 31.8 Å². The van der Waals surface area contributed by atoms with E-state index in [1.54, 1.807) is 20.8 Å². The Kier molecular flexibility index (Phi) is 4.37. The zero-order valence-electron chi connectivity index (χ0n) is 10.6. The molecule has 0 saturated carbocycles. The highest BCUT2D eigenvalue weighted by Crippen LogP contribution is 2.44. The molecule has 2 atom stereocenters. The van der Waals surface area contributed by atoms with Gasteiger partial charge < -0.3 is 14.2 Å². The van der Waals surface area contributed by atoms with Crippen molar-refractivity contribution in [2.45, 2.75) is 38.8 Å². The predicted octanol–water partition coefficient (Wildman–Crippen LogP) is 3.21. The molecule has 1 fully saturated rings. The number of hydrogen-bond acceptors (Lipinski definition) is 6. The Labute approximate surface area is 124 Å². The van der Waals surface area contributed by atoms with Crippen molar-refractivity contribution in [3.63, 3.8) is 0 Å². The number of aromatic nitrogens is 1. The van der Waals surface area contributed by atoms with Gasteiger partial charge >= 0.3 is 5.97 Å². The lowest BCUT2D eigenvalue weighted by atomic mass is 10.2. The van der Waals surface area contributed by atoms with E-state index < -0.39 is 24.0 Å². The molecule has 0 aromatic carbocycles. The quantitative estimate of drug-likeness (QED) is 0.799. The number of carbonyl (C=O) groups excluding carboxylic acids is 1. The van der Waals surface area contributed by atoms with E-state index in [0.29, 0.717) is 4.88 Å². The second kappa shape index (κ2) is 5.54. The van der Waals surface area contributed by atoms with E-state index in [9.17, 15) is 4.79 Å². The minimum absolute atomic E-state index is 0.218. The summed E-state index contributed by atoms with van der Waals surface area (Å²) in [6.07, 6.45) is -1.53. The van der Waals surface area contributed by atoms with E-state index in [4.69, 9.17) is 37.4 Å².